The van der Waals surface area contributed by atoms with Gasteiger partial charge in [0.25, 0.3) is 0 Å². The molecule has 0 unspecified atom stereocenters. The van der Waals surface area contributed by atoms with Crippen LogP contribution < -0.4 is 11.1 Å². The van der Waals surface area contributed by atoms with Gasteiger partial charge in [-0.3, -0.25) is 10.2 Å². The van der Waals surface area contributed by atoms with E-state index in [-0.39, 0.29) is 11.9 Å². The molecule has 1 aliphatic heterocycles. The molecular weight excluding hydrogens is 332 g/mol. The van der Waals surface area contributed by atoms with Gasteiger partial charge in [-0.1, -0.05) is 12.1 Å². The van der Waals surface area contributed by atoms with Crippen LogP contribution in [-0.4, -0.2) is 51.3 Å². The first kappa shape index (κ1) is 19.6. The Kier molecular flexibility index (Phi) is 8.48. The molecule has 0 aliphatic carbocycles. The molecule has 0 radical (unpaired) electrons. The number of nitrogens with two attached hydrogens (primary N) is 1. The van der Waals surface area contributed by atoms with E-state index in [0.717, 1.165) is 36.7 Å². The van der Waals surface area contributed by atoms with Crippen molar-refractivity contribution >= 4 is 35.5 Å². The van der Waals surface area contributed by atoms with E-state index in [9.17, 15) is 4.79 Å². The molecule has 1 aliphatic rings. The number of nitrogens with zero attached hydrogens (tertiary/aromatic N) is 1. The first-order chi connectivity index (χ1) is 11.4. The molecule has 24 heavy (non-hydrogen) atoms. The number of guanidine groups is 1. The Hall–Kier alpha value is -2.42. The van der Waals surface area contributed by atoms with E-state index in [1.165, 1.54) is 5.56 Å². The van der Waals surface area contributed by atoms with Crippen LogP contribution in [0.3, 0.4) is 0 Å². The number of carbonyl (C=O) groups excluding carboxylic acids is 1. The summed E-state index contributed by atoms with van der Waals surface area (Å²) in [6, 6.07) is 7.80. The van der Waals surface area contributed by atoms with E-state index in [1.54, 1.807) is 0 Å². The van der Waals surface area contributed by atoms with Crippen LogP contribution in [0.5, 0.6) is 0 Å². The van der Waals surface area contributed by atoms with Gasteiger partial charge < -0.3 is 26.2 Å². The monoisotopic (exact) mass is 354 g/mol. The van der Waals surface area contributed by atoms with Crippen LogP contribution in [0.4, 0.5) is 10.5 Å². The van der Waals surface area contributed by atoms with Crippen molar-refractivity contribution in [2.24, 2.45) is 5.73 Å². The molecule has 1 fully saturated rings. The minimum Gasteiger partial charge on any atom is -0.450 e. The van der Waals surface area contributed by atoms with Gasteiger partial charge >= 0.3 is 6.16 Å². The topological polar surface area (TPSA) is 140 Å². The van der Waals surface area contributed by atoms with E-state index in [1.807, 2.05) is 40.9 Å². The van der Waals surface area contributed by atoms with Gasteiger partial charge in [-0.2, -0.15) is 0 Å². The highest BCUT2D eigenvalue weighted by molar-refractivity contribution is 7.99. The number of amides is 1. The second kappa shape index (κ2) is 10.4. The maximum absolute atomic E-state index is 11.9. The zero-order valence-electron chi connectivity index (χ0n) is 13.2. The molecule has 2 rings (SSSR count). The summed E-state index contributed by atoms with van der Waals surface area (Å²) in [5, 5.41) is 23.8. The van der Waals surface area contributed by atoms with Gasteiger partial charge in [0.05, 0.1) is 5.88 Å². The molecule has 1 saturated heterocycles. The van der Waals surface area contributed by atoms with Gasteiger partial charge in [-0.15, -0.1) is 11.8 Å². The summed E-state index contributed by atoms with van der Waals surface area (Å²) in [7, 11) is 0. The molecule has 1 aromatic carbocycles. The minimum atomic E-state index is -1.83. The van der Waals surface area contributed by atoms with Crippen LogP contribution in [0.1, 0.15) is 18.4 Å². The molecule has 1 heterocycles. The minimum absolute atomic E-state index is 0.0631. The number of carboxylic acid groups (broad SMARTS) is 2. The van der Waals surface area contributed by atoms with E-state index >= 15 is 0 Å². The fourth-order valence-electron chi connectivity index (χ4n) is 2.12. The first-order valence-corrected chi connectivity index (χ1v) is 8.51. The van der Waals surface area contributed by atoms with Crippen molar-refractivity contribution < 1.29 is 19.8 Å². The van der Waals surface area contributed by atoms with Crippen molar-refractivity contribution in [3.63, 3.8) is 0 Å². The largest absolute Gasteiger partial charge is 0.503 e. The van der Waals surface area contributed by atoms with Gasteiger partial charge in [0.2, 0.25) is 5.91 Å². The number of hydrogen-bond acceptors (Lipinski definition) is 4. The molecule has 1 amide bonds. The molecule has 6 N–H and O–H groups in total. The number of thioether (sulfide) groups is 1. The molecule has 132 valence electrons. The van der Waals surface area contributed by atoms with Crippen molar-refractivity contribution in [3.8, 4) is 0 Å². The molecule has 0 spiro atoms. The normalized spacial score (nSPS) is 12.9. The maximum atomic E-state index is 11.9. The summed E-state index contributed by atoms with van der Waals surface area (Å²) >= 11 is 1.82. The van der Waals surface area contributed by atoms with Crippen LogP contribution in [0.2, 0.25) is 0 Å². The first-order valence-electron chi connectivity index (χ1n) is 7.36. The van der Waals surface area contributed by atoms with E-state index < -0.39 is 6.16 Å². The van der Waals surface area contributed by atoms with Crippen molar-refractivity contribution in [1.82, 2.24) is 4.90 Å². The van der Waals surface area contributed by atoms with Crippen LogP contribution in [0, 0.1) is 5.41 Å². The van der Waals surface area contributed by atoms with Crippen LogP contribution in [0.15, 0.2) is 24.3 Å². The highest BCUT2D eigenvalue weighted by Gasteiger charge is 2.17. The Morgan fingerprint density at radius 3 is 2.42 bits per heavy atom. The van der Waals surface area contributed by atoms with Gasteiger partial charge in [0, 0.05) is 24.4 Å². The van der Waals surface area contributed by atoms with E-state index in [4.69, 9.17) is 26.2 Å². The lowest BCUT2D eigenvalue weighted by Crippen LogP contribution is -2.27. The molecule has 9 heteroatoms. The third kappa shape index (κ3) is 8.28. The Morgan fingerprint density at radius 1 is 1.29 bits per heavy atom. The molecule has 0 atom stereocenters. The van der Waals surface area contributed by atoms with E-state index in [2.05, 4.69) is 5.32 Å². The number of nitrogens with one attached hydrogen (secondary N) is 2. The summed E-state index contributed by atoms with van der Waals surface area (Å²) in [6.07, 6.45) is 0.556. The average molecular weight is 354 g/mol. The SMILES string of the molecule is N=C(N)Nc1ccc(CCCC(=O)N2CCSC2)cc1.O=C(O)O. The highest BCUT2D eigenvalue weighted by Crippen LogP contribution is 2.16. The summed E-state index contributed by atoms with van der Waals surface area (Å²) in [5.74, 6) is 2.12. The summed E-state index contributed by atoms with van der Waals surface area (Å²) in [4.78, 5) is 22.4. The second-order valence-corrected chi connectivity index (χ2v) is 6.14. The lowest BCUT2D eigenvalue weighted by molar-refractivity contribution is -0.129. The highest BCUT2D eigenvalue weighted by atomic mass is 32.2. The van der Waals surface area contributed by atoms with Gasteiger partial charge in [0.15, 0.2) is 5.96 Å². The number of carbonyl (C=O) groups is 2. The molecule has 0 bridgehead atoms. The number of benzene rings is 1. The predicted octanol–water partition coefficient (Wildman–Crippen LogP) is 2.07. The van der Waals surface area contributed by atoms with Gasteiger partial charge in [-0.25, -0.2) is 4.79 Å². The molecule has 0 aromatic heterocycles. The van der Waals surface area contributed by atoms with E-state index in [0.29, 0.717) is 6.42 Å². The molecular formula is C15H22N4O4S. The third-order valence-electron chi connectivity index (χ3n) is 3.19. The van der Waals surface area contributed by atoms with Gasteiger partial charge in [0.1, 0.15) is 0 Å². The fraction of sp³-hybridized carbons (Fsp3) is 0.400. The molecule has 1 aromatic rings. The Bertz CT molecular complexity index is 555. The smallest absolute Gasteiger partial charge is 0.450 e. The number of rotatable bonds is 5. The fourth-order valence-corrected chi connectivity index (χ4v) is 3.09. The summed E-state index contributed by atoms with van der Waals surface area (Å²) < 4.78 is 0. The number of anilines is 1. The molecule has 8 nitrogen and oxygen atoms in total. The maximum Gasteiger partial charge on any atom is 0.503 e. The zero-order valence-corrected chi connectivity index (χ0v) is 14.0. The van der Waals surface area contributed by atoms with Crippen LogP contribution in [0.25, 0.3) is 0 Å². The molecule has 0 saturated carbocycles. The summed E-state index contributed by atoms with van der Waals surface area (Å²) in [5.41, 5.74) is 7.27. The summed E-state index contributed by atoms with van der Waals surface area (Å²) in [6.45, 7) is 0.898. The number of aryl methyl sites for hydroxylation is 1. The average Bonchev–Trinajstić information content (AvgIpc) is 3.02. The van der Waals surface area contributed by atoms with Crippen molar-refractivity contribution in [2.45, 2.75) is 19.3 Å². The standard InChI is InChI=1S/C14H20N4OS.CH2O3/c15-14(16)17-12-6-4-11(5-7-12)2-1-3-13(19)18-8-9-20-10-18;2-1(3)4/h4-7H,1-3,8-10H2,(H4,15,16,17);(H2,2,3,4). The third-order valence-corrected chi connectivity index (χ3v) is 4.16. The Labute approximate surface area is 144 Å². The zero-order chi connectivity index (χ0) is 17.9. The van der Waals surface area contributed by atoms with Crippen molar-refractivity contribution in [2.75, 3.05) is 23.5 Å². The Morgan fingerprint density at radius 2 is 1.92 bits per heavy atom. The lowest BCUT2D eigenvalue weighted by Gasteiger charge is -2.14. The quantitative estimate of drug-likeness (QED) is 0.403. The van der Waals surface area contributed by atoms with Crippen molar-refractivity contribution in [1.29, 1.82) is 5.41 Å². The van der Waals surface area contributed by atoms with Crippen LogP contribution >= 0.6 is 11.8 Å². The second-order valence-electron chi connectivity index (χ2n) is 5.07. The van der Waals surface area contributed by atoms with Crippen molar-refractivity contribution in [3.05, 3.63) is 29.8 Å². The lowest BCUT2D eigenvalue weighted by atomic mass is 10.1. The Balaban J connectivity index is 0.000000648. The van der Waals surface area contributed by atoms with Crippen LogP contribution in [-0.2, 0) is 11.2 Å². The predicted molar refractivity (Wildman–Crippen MR) is 94.6 cm³/mol. The van der Waals surface area contributed by atoms with Gasteiger partial charge in [-0.05, 0) is 30.5 Å². The number of hydrogen-bond donors (Lipinski definition) is 5.